The highest BCUT2D eigenvalue weighted by Crippen LogP contribution is 2.21. The average molecular weight is 322 g/mol. The Morgan fingerprint density at radius 1 is 1.45 bits per heavy atom. The van der Waals surface area contributed by atoms with Gasteiger partial charge in [-0.2, -0.15) is 4.98 Å². The minimum atomic E-state index is -0.0165. The van der Waals surface area contributed by atoms with Gasteiger partial charge in [-0.1, -0.05) is 5.16 Å². The fraction of sp³-hybridized carbons (Fsp3) is 0.500. The summed E-state index contributed by atoms with van der Waals surface area (Å²) in [5.74, 6) is 1.33. The van der Waals surface area contributed by atoms with Crippen molar-refractivity contribution in [3.05, 3.63) is 24.5 Å². The minimum Gasteiger partial charge on any atom is -0.341 e. The van der Waals surface area contributed by atoms with Crippen molar-refractivity contribution in [3.63, 3.8) is 0 Å². The number of carbonyl (C=O) groups is 1. The Hall–Kier alpha value is -2.02. The lowest BCUT2D eigenvalue weighted by Gasteiger charge is -2.31. The summed E-state index contributed by atoms with van der Waals surface area (Å²) in [6, 6.07) is 0. The Kier molecular flexibility index (Phi) is 4.62. The Morgan fingerprint density at radius 2 is 2.36 bits per heavy atom. The van der Waals surface area contributed by atoms with Gasteiger partial charge in [0.25, 0.3) is 0 Å². The molecule has 116 valence electrons. The summed E-state index contributed by atoms with van der Waals surface area (Å²) in [6.45, 7) is 1.46. The molecule has 3 rings (SSSR count). The molecule has 0 saturated carbocycles. The van der Waals surface area contributed by atoms with Gasteiger partial charge in [-0.3, -0.25) is 9.78 Å². The van der Waals surface area contributed by atoms with Gasteiger partial charge in [0.2, 0.25) is 17.6 Å². The summed E-state index contributed by atoms with van der Waals surface area (Å²) in [5, 5.41) is 3.93. The molecule has 8 heteroatoms. The summed E-state index contributed by atoms with van der Waals surface area (Å²) in [7, 11) is 0. The lowest BCUT2D eigenvalue weighted by atomic mass is 9.95. The third-order valence-electron chi connectivity index (χ3n) is 3.71. The van der Waals surface area contributed by atoms with Gasteiger partial charge in [-0.15, -0.1) is 11.6 Å². The minimum absolute atomic E-state index is 0.0165. The van der Waals surface area contributed by atoms with Gasteiger partial charge in [0.1, 0.15) is 11.6 Å². The van der Waals surface area contributed by atoms with Crippen molar-refractivity contribution < 1.29 is 9.32 Å². The van der Waals surface area contributed by atoms with Crippen LogP contribution in [-0.2, 0) is 11.2 Å². The molecule has 1 atom stereocenters. The maximum absolute atomic E-state index is 11.7. The van der Waals surface area contributed by atoms with Crippen molar-refractivity contribution in [2.24, 2.45) is 5.92 Å². The van der Waals surface area contributed by atoms with E-state index in [4.69, 9.17) is 16.1 Å². The van der Waals surface area contributed by atoms with Crippen molar-refractivity contribution in [2.45, 2.75) is 19.3 Å². The zero-order valence-electron chi connectivity index (χ0n) is 12.0. The lowest BCUT2D eigenvalue weighted by molar-refractivity contribution is -0.130. The predicted octanol–water partition coefficient (Wildman–Crippen LogP) is 1.55. The maximum atomic E-state index is 11.7. The molecule has 0 bridgehead atoms. The summed E-state index contributed by atoms with van der Waals surface area (Å²) in [4.78, 5) is 26.0. The van der Waals surface area contributed by atoms with E-state index in [9.17, 15) is 4.79 Å². The van der Waals surface area contributed by atoms with Gasteiger partial charge in [-0.25, -0.2) is 4.98 Å². The molecule has 1 fully saturated rings. The van der Waals surface area contributed by atoms with Gasteiger partial charge in [0, 0.05) is 31.9 Å². The monoisotopic (exact) mass is 321 g/mol. The molecule has 0 spiro atoms. The molecule has 1 saturated heterocycles. The number of likely N-dealkylation sites (tertiary alicyclic amines) is 1. The first-order valence-electron chi connectivity index (χ1n) is 7.19. The van der Waals surface area contributed by atoms with Crippen molar-refractivity contribution in [2.75, 3.05) is 19.0 Å². The quantitative estimate of drug-likeness (QED) is 0.794. The van der Waals surface area contributed by atoms with Crippen LogP contribution in [0.1, 0.15) is 18.7 Å². The van der Waals surface area contributed by atoms with E-state index >= 15 is 0 Å². The van der Waals surface area contributed by atoms with E-state index in [1.165, 1.54) is 0 Å². The molecule has 1 aliphatic heterocycles. The average Bonchev–Trinajstić information content (AvgIpc) is 3.03. The SMILES string of the molecule is O=C(CCl)N1CCCC(Cc2nc(-c3cnccn3)no2)C1. The Bertz CT molecular complexity index is 633. The summed E-state index contributed by atoms with van der Waals surface area (Å²) in [6.07, 6.45) is 7.43. The van der Waals surface area contributed by atoms with Gasteiger partial charge in [-0.05, 0) is 18.8 Å². The van der Waals surface area contributed by atoms with Crippen molar-refractivity contribution in [3.8, 4) is 11.5 Å². The van der Waals surface area contributed by atoms with Crippen molar-refractivity contribution in [1.82, 2.24) is 25.0 Å². The molecule has 0 radical (unpaired) electrons. The van der Waals surface area contributed by atoms with Crippen LogP contribution in [0.15, 0.2) is 23.1 Å². The molecule has 7 nitrogen and oxygen atoms in total. The fourth-order valence-electron chi connectivity index (χ4n) is 2.65. The first-order valence-corrected chi connectivity index (χ1v) is 7.72. The van der Waals surface area contributed by atoms with Crippen molar-refractivity contribution in [1.29, 1.82) is 0 Å². The highest BCUT2D eigenvalue weighted by molar-refractivity contribution is 6.27. The molecule has 1 unspecified atom stereocenters. The molecule has 2 aromatic heterocycles. The third-order valence-corrected chi connectivity index (χ3v) is 3.94. The fourth-order valence-corrected chi connectivity index (χ4v) is 2.82. The van der Waals surface area contributed by atoms with Crippen LogP contribution in [0.25, 0.3) is 11.5 Å². The Labute approximate surface area is 132 Å². The van der Waals surface area contributed by atoms with Gasteiger partial charge in [0.05, 0.1) is 6.20 Å². The lowest BCUT2D eigenvalue weighted by Crippen LogP contribution is -2.41. The molecular weight excluding hydrogens is 306 g/mol. The topological polar surface area (TPSA) is 85.0 Å². The van der Waals surface area contributed by atoms with Crippen LogP contribution in [-0.4, -0.2) is 49.9 Å². The second-order valence-corrected chi connectivity index (χ2v) is 5.56. The number of hydrogen-bond donors (Lipinski definition) is 0. The number of hydrogen-bond acceptors (Lipinski definition) is 6. The van der Waals surface area contributed by atoms with Crippen LogP contribution in [0, 0.1) is 5.92 Å². The smallest absolute Gasteiger partial charge is 0.237 e. The second-order valence-electron chi connectivity index (χ2n) is 5.29. The highest BCUT2D eigenvalue weighted by Gasteiger charge is 2.25. The number of nitrogens with zero attached hydrogens (tertiary/aromatic N) is 5. The van der Waals surface area contributed by atoms with E-state index in [1.807, 2.05) is 0 Å². The van der Waals surface area contributed by atoms with E-state index in [-0.39, 0.29) is 11.8 Å². The molecule has 0 aromatic carbocycles. The zero-order valence-corrected chi connectivity index (χ0v) is 12.7. The van der Waals surface area contributed by atoms with E-state index in [0.717, 1.165) is 19.4 Å². The normalized spacial score (nSPS) is 18.4. The molecule has 1 amide bonds. The van der Waals surface area contributed by atoms with Crippen LogP contribution in [0.2, 0.25) is 0 Å². The number of aromatic nitrogens is 4. The van der Waals surface area contributed by atoms with Gasteiger partial charge >= 0.3 is 0 Å². The van der Waals surface area contributed by atoms with Crippen LogP contribution >= 0.6 is 11.6 Å². The standard InChI is InChI=1S/C14H16ClN5O2/c15-7-13(21)20-5-1-2-10(9-20)6-12-18-14(19-22-12)11-8-16-3-4-17-11/h3-4,8,10H,1-2,5-7,9H2. The predicted molar refractivity (Wildman–Crippen MR) is 79.1 cm³/mol. The number of carbonyl (C=O) groups excluding carboxylic acids is 1. The van der Waals surface area contributed by atoms with Gasteiger partial charge in [0.15, 0.2) is 0 Å². The molecular formula is C14H16ClN5O2. The molecule has 2 aromatic rings. The summed E-state index contributed by atoms with van der Waals surface area (Å²) in [5.41, 5.74) is 0.583. The Balaban J connectivity index is 1.64. The first-order chi connectivity index (χ1) is 10.8. The second kappa shape index (κ2) is 6.83. The Morgan fingerprint density at radius 3 is 3.14 bits per heavy atom. The van der Waals surface area contributed by atoms with E-state index < -0.39 is 0 Å². The summed E-state index contributed by atoms with van der Waals surface area (Å²) >= 11 is 5.62. The molecule has 3 heterocycles. The van der Waals surface area contributed by atoms with Crippen molar-refractivity contribution >= 4 is 17.5 Å². The van der Waals surface area contributed by atoms with E-state index in [2.05, 4.69) is 20.1 Å². The number of alkyl halides is 1. The van der Waals surface area contributed by atoms with E-state index in [1.54, 1.807) is 23.5 Å². The largest absolute Gasteiger partial charge is 0.341 e. The van der Waals surface area contributed by atoms with Gasteiger partial charge < -0.3 is 9.42 Å². The number of amides is 1. The van der Waals surface area contributed by atoms with Crippen LogP contribution in [0.3, 0.4) is 0 Å². The van der Waals surface area contributed by atoms with Crippen LogP contribution in [0.4, 0.5) is 0 Å². The van der Waals surface area contributed by atoms with Crippen LogP contribution < -0.4 is 0 Å². The number of halogens is 1. The molecule has 1 aliphatic rings. The highest BCUT2D eigenvalue weighted by atomic mass is 35.5. The molecule has 0 N–H and O–H groups in total. The number of rotatable bonds is 4. The van der Waals surface area contributed by atoms with Crippen LogP contribution in [0.5, 0.6) is 0 Å². The number of piperidine rings is 1. The molecule has 0 aliphatic carbocycles. The first kappa shape index (κ1) is 14.9. The van der Waals surface area contributed by atoms with E-state index in [0.29, 0.717) is 36.3 Å². The maximum Gasteiger partial charge on any atom is 0.237 e. The third kappa shape index (κ3) is 3.41. The zero-order chi connectivity index (χ0) is 15.4. The summed E-state index contributed by atoms with van der Waals surface area (Å²) < 4.78 is 5.29. The molecule has 22 heavy (non-hydrogen) atoms.